The summed E-state index contributed by atoms with van der Waals surface area (Å²) in [7, 11) is 0.326. The smallest absolute Gasteiger partial charge is 0.175 e. The Labute approximate surface area is 108 Å². The number of hydrogen-bond acceptors (Lipinski definition) is 5. The molecule has 6 heteroatoms. The average Bonchev–Trinajstić information content (AvgIpc) is 2.33. The van der Waals surface area contributed by atoms with Crippen molar-refractivity contribution < 1.29 is 18.0 Å². The minimum atomic E-state index is -3.14. The fourth-order valence-corrected chi connectivity index (χ4v) is 1.98. The zero-order chi connectivity index (χ0) is 13.6. The van der Waals surface area contributed by atoms with Crippen LogP contribution in [0.4, 0.5) is 0 Å². The van der Waals surface area contributed by atoms with E-state index >= 15 is 0 Å². The summed E-state index contributed by atoms with van der Waals surface area (Å²) in [6.07, 6.45) is 2.02. The molecule has 0 atom stereocenters. The molecule has 0 unspecified atom stereocenters. The van der Waals surface area contributed by atoms with Gasteiger partial charge in [-0.15, -0.1) is 0 Å². The standard InChI is InChI=1S/C12H19NO4S/c1-13(16-2)9-4-10-17-11-5-7-12(8-6-11)18(3,14)15/h5-8H,4,9-10H2,1-3H3. The molecule has 0 N–H and O–H groups in total. The van der Waals surface area contributed by atoms with Gasteiger partial charge in [0, 0.05) is 19.8 Å². The van der Waals surface area contributed by atoms with Crippen LogP contribution in [0.5, 0.6) is 5.75 Å². The number of ether oxygens (including phenoxy) is 1. The van der Waals surface area contributed by atoms with Crippen LogP contribution in [0.3, 0.4) is 0 Å². The monoisotopic (exact) mass is 273 g/mol. The van der Waals surface area contributed by atoms with Crippen LogP contribution in [0.1, 0.15) is 6.42 Å². The molecule has 0 aliphatic rings. The van der Waals surface area contributed by atoms with Crippen LogP contribution in [0.25, 0.3) is 0 Å². The normalized spacial score (nSPS) is 11.8. The Morgan fingerprint density at radius 2 is 1.83 bits per heavy atom. The first-order valence-electron chi connectivity index (χ1n) is 5.61. The van der Waals surface area contributed by atoms with Crippen LogP contribution < -0.4 is 4.74 Å². The summed E-state index contributed by atoms with van der Waals surface area (Å²) in [6.45, 7) is 1.34. The molecule has 0 spiro atoms. The molecule has 1 rings (SSSR count). The van der Waals surface area contributed by atoms with Crippen molar-refractivity contribution in [1.29, 1.82) is 0 Å². The largest absolute Gasteiger partial charge is 0.494 e. The maximum absolute atomic E-state index is 11.3. The summed E-state index contributed by atoms with van der Waals surface area (Å²) in [5.41, 5.74) is 0. The molecular formula is C12H19NO4S. The maximum atomic E-state index is 11.3. The lowest BCUT2D eigenvalue weighted by Crippen LogP contribution is -2.19. The van der Waals surface area contributed by atoms with Gasteiger partial charge in [-0.2, -0.15) is 5.06 Å². The van der Waals surface area contributed by atoms with E-state index in [1.807, 2.05) is 7.05 Å². The van der Waals surface area contributed by atoms with E-state index in [4.69, 9.17) is 9.57 Å². The van der Waals surface area contributed by atoms with Gasteiger partial charge in [-0.05, 0) is 30.7 Å². The highest BCUT2D eigenvalue weighted by Crippen LogP contribution is 2.15. The molecule has 0 aliphatic heterocycles. The Kier molecular flexibility index (Phi) is 5.58. The molecule has 0 fully saturated rings. The average molecular weight is 273 g/mol. The molecule has 1 aromatic carbocycles. The molecule has 0 heterocycles. The number of benzene rings is 1. The zero-order valence-electron chi connectivity index (χ0n) is 10.9. The highest BCUT2D eigenvalue weighted by Gasteiger charge is 2.06. The van der Waals surface area contributed by atoms with Crippen LogP contribution in [0.15, 0.2) is 29.2 Å². The van der Waals surface area contributed by atoms with Crippen molar-refractivity contribution in [2.24, 2.45) is 0 Å². The van der Waals surface area contributed by atoms with Gasteiger partial charge in [0.25, 0.3) is 0 Å². The lowest BCUT2D eigenvalue weighted by molar-refractivity contribution is -0.110. The topological polar surface area (TPSA) is 55.8 Å². The number of rotatable bonds is 7. The lowest BCUT2D eigenvalue weighted by Gasteiger charge is -2.13. The molecule has 18 heavy (non-hydrogen) atoms. The first-order chi connectivity index (χ1) is 8.43. The maximum Gasteiger partial charge on any atom is 0.175 e. The zero-order valence-corrected chi connectivity index (χ0v) is 11.7. The van der Waals surface area contributed by atoms with Crippen molar-refractivity contribution in [1.82, 2.24) is 5.06 Å². The third kappa shape index (κ3) is 5.03. The molecule has 0 aliphatic carbocycles. The van der Waals surface area contributed by atoms with E-state index < -0.39 is 9.84 Å². The van der Waals surface area contributed by atoms with Crippen molar-refractivity contribution in [2.45, 2.75) is 11.3 Å². The Morgan fingerprint density at radius 1 is 1.22 bits per heavy atom. The van der Waals surface area contributed by atoms with Gasteiger partial charge >= 0.3 is 0 Å². The van der Waals surface area contributed by atoms with E-state index in [0.29, 0.717) is 17.3 Å². The molecule has 1 aromatic rings. The van der Waals surface area contributed by atoms with E-state index in [0.717, 1.165) is 13.0 Å². The highest BCUT2D eigenvalue weighted by molar-refractivity contribution is 7.90. The van der Waals surface area contributed by atoms with Crippen LogP contribution in [0, 0.1) is 0 Å². The van der Waals surface area contributed by atoms with Gasteiger partial charge in [0.05, 0.1) is 18.6 Å². The lowest BCUT2D eigenvalue weighted by atomic mass is 10.3. The van der Waals surface area contributed by atoms with Crippen molar-refractivity contribution in [3.63, 3.8) is 0 Å². The predicted molar refractivity (Wildman–Crippen MR) is 69.3 cm³/mol. The van der Waals surface area contributed by atoms with Gasteiger partial charge in [-0.1, -0.05) is 0 Å². The Hall–Kier alpha value is -1.11. The summed E-state index contributed by atoms with van der Waals surface area (Å²) in [4.78, 5) is 5.27. The van der Waals surface area contributed by atoms with E-state index in [-0.39, 0.29) is 0 Å². The first-order valence-corrected chi connectivity index (χ1v) is 7.51. The van der Waals surface area contributed by atoms with Crippen molar-refractivity contribution >= 4 is 9.84 Å². The third-order valence-electron chi connectivity index (χ3n) is 2.45. The van der Waals surface area contributed by atoms with Gasteiger partial charge in [-0.25, -0.2) is 8.42 Å². The van der Waals surface area contributed by atoms with E-state index in [1.54, 1.807) is 36.4 Å². The quantitative estimate of drug-likeness (QED) is 0.554. The molecule has 0 aromatic heterocycles. The fraction of sp³-hybridized carbons (Fsp3) is 0.500. The number of hydroxylamine groups is 2. The summed E-state index contributed by atoms with van der Waals surface area (Å²) in [5, 5.41) is 1.72. The van der Waals surface area contributed by atoms with E-state index in [1.165, 1.54) is 6.26 Å². The predicted octanol–water partition coefficient (Wildman–Crippen LogP) is 1.35. The number of sulfone groups is 1. The molecule has 0 bridgehead atoms. The summed E-state index contributed by atoms with van der Waals surface area (Å²) in [5.74, 6) is 0.669. The van der Waals surface area contributed by atoms with Crippen molar-refractivity contribution in [2.75, 3.05) is 33.6 Å². The highest BCUT2D eigenvalue weighted by atomic mass is 32.2. The Morgan fingerprint density at radius 3 is 2.33 bits per heavy atom. The fourth-order valence-electron chi connectivity index (χ4n) is 1.35. The van der Waals surface area contributed by atoms with Gasteiger partial charge in [-0.3, -0.25) is 0 Å². The summed E-state index contributed by atoms with van der Waals surface area (Å²) < 4.78 is 28.0. The first kappa shape index (κ1) is 14.9. The minimum Gasteiger partial charge on any atom is -0.494 e. The number of hydrogen-bond donors (Lipinski definition) is 0. The van der Waals surface area contributed by atoms with Crippen molar-refractivity contribution in [3.05, 3.63) is 24.3 Å². The molecule has 0 saturated heterocycles. The molecule has 102 valence electrons. The van der Waals surface area contributed by atoms with Crippen molar-refractivity contribution in [3.8, 4) is 5.75 Å². The van der Waals surface area contributed by atoms with Gasteiger partial charge in [0.15, 0.2) is 9.84 Å². The Bertz CT molecular complexity index is 455. The van der Waals surface area contributed by atoms with Crippen LogP contribution in [0.2, 0.25) is 0 Å². The second-order valence-electron chi connectivity index (χ2n) is 3.98. The molecule has 5 nitrogen and oxygen atoms in total. The van der Waals surface area contributed by atoms with Gasteiger partial charge < -0.3 is 9.57 Å². The van der Waals surface area contributed by atoms with Crippen LogP contribution in [-0.2, 0) is 14.7 Å². The Balaban J connectivity index is 2.40. The van der Waals surface area contributed by atoms with Crippen LogP contribution in [-0.4, -0.2) is 47.0 Å². The SMILES string of the molecule is CON(C)CCCOc1ccc(S(C)(=O)=O)cc1. The molecular weight excluding hydrogens is 254 g/mol. The molecule has 0 amide bonds. The van der Waals surface area contributed by atoms with Crippen LogP contribution >= 0.6 is 0 Å². The minimum absolute atomic E-state index is 0.300. The second kappa shape index (κ2) is 6.72. The van der Waals surface area contributed by atoms with Gasteiger partial charge in [0.2, 0.25) is 0 Å². The summed E-state index contributed by atoms with van der Waals surface area (Å²) in [6, 6.07) is 6.42. The number of nitrogens with zero attached hydrogens (tertiary/aromatic N) is 1. The summed E-state index contributed by atoms with van der Waals surface area (Å²) >= 11 is 0. The molecule has 0 radical (unpaired) electrons. The van der Waals surface area contributed by atoms with E-state index in [2.05, 4.69) is 0 Å². The van der Waals surface area contributed by atoms with E-state index in [9.17, 15) is 8.42 Å². The van der Waals surface area contributed by atoms with Gasteiger partial charge in [0.1, 0.15) is 5.75 Å². The second-order valence-corrected chi connectivity index (χ2v) is 6.00. The molecule has 0 saturated carbocycles. The third-order valence-corrected chi connectivity index (χ3v) is 3.58.